The van der Waals surface area contributed by atoms with Crippen LogP contribution >= 0.6 is 0 Å². The quantitative estimate of drug-likeness (QED) is 0.528. The van der Waals surface area contributed by atoms with E-state index in [1.165, 1.54) is 12.8 Å². The summed E-state index contributed by atoms with van der Waals surface area (Å²) in [5.74, 6) is 1.49. The maximum atomic E-state index is 3.93. The van der Waals surface area contributed by atoms with Crippen molar-refractivity contribution in [2.24, 2.45) is 11.8 Å². The molecule has 0 N–H and O–H groups in total. The lowest BCUT2D eigenvalue weighted by atomic mass is 9.97. The van der Waals surface area contributed by atoms with Gasteiger partial charge in [0.05, 0.1) is 0 Å². The predicted molar refractivity (Wildman–Crippen MR) is 38.6 cm³/mol. The lowest BCUT2D eigenvalue weighted by Gasteiger charge is -2.09. The van der Waals surface area contributed by atoms with Crippen molar-refractivity contribution in [3.05, 3.63) is 6.92 Å². The minimum absolute atomic E-state index is 0.630. The highest BCUT2D eigenvalue weighted by Crippen LogP contribution is 2.12. The molecule has 0 amide bonds. The van der Waals surface area contributed by atoms with Crippen LogP contribution in [0.2, 0.25) is 0 Å². The molecule has 0 bridgehead atoms. The normalized spacial score (nSPS) is 14.6. The summed E-state index contributed by atoms with van der Waals surface area (Å²) in [4.78, 5) is 0. The second kappa shape index (κ2) is 3.94. The van der Waals surface area contributed by atoms with Gasteiger partial charge in [0.1, 0.15) is 0 Å². The second-order valence-corrected chi connectivity index (χ2v) is 2.85. The van der Waals surface area contributed by atoms with Gasteiger partial charge in [-0.3, -0.25) is 0 Å². The number of hydrogen-bond acceptors (Lipinski definition) is 0. The average molecular weight is 113 g/mol. The van der Waals surface area contributed by atoms with E-state index in [0.29, 0.717) is 5.92 Å². The molecular weight excluding hydrogens is 96.1 g/mol. The Morgan fingerprint density at radius 1 is 1.38 bits per heavy atom. The second-order valence-electron chi connectivity index (χ2n) is 2.85. The molecule has 0 saturated heterocycles. The lowest BCUT2D eigenvalue weighted by Crippen LogP contribution is -1.97. The number of hydrogen-bond donors (Lipinski definition) is 0. The van der Waals surface area contributed by atoms with Crippen LogP contribution in [0.4, 0.5) is 0 Å². The van der Waals surface area contributed by atoms with Crippen molar-refractivity contribution in [2.45, 2.75) is 33.6 Å². The van der Waals surface area contributed by atoms with Crippen LogP contribution in [0.5, 0.6) is 0 Å². The summed E-state index contributed by atoms with van der Waals surface area (Å²) in [6.07, 6.45) is 2.57. The first-order valence-electron chi connectivity index (χ1n) is 3.49. The van der Waals surface area contributed by atoms with Crippen LogP contribution in [0.3, 0.4) is 0 Å². The van der Waals surface area contributed by atoms with E-state index in [0.717, 1.165) is 5.92 Å². The minimum atomic E-state index is 0.630. The molecule has 2 atom stereocenters. The van der Waals surface area contributed by atoms with Gasteiger partial charge < -0.3 is 0 Å². The maximum Gasteiger partial charge on any atom is -0.0440 e. The molecule has 0 heteroatoms. The van der Waals surface area contributed by atoms with Crippen molar-refractivity contribution in [3.63, 3.8) is 0 Å². The fourth-order valence-corrected chi connectivity index (χ4v) is 0.854. The van der Waals surface area contributed by atoms with Gasteiger partial charge in [-0.1, -0.05) is 34.1 Å². The van der Waals surface area contributed by atoms with Gasteiger partial charge in [-0.15, -0.1) is 0 Å². The van der Waals surface area contributed by atoms with Gasteiger partial charge in [-0.25, -0.2) is 0 Å². The first kappa shape index (κ1) is 8.00. The molecule has 2 unspecified atom stereocenters. The first-order valence-corrected chi connectivity index (χ1v) is 3.49. The van der Waals surface area contributed by atoms with Crippen LogP contribution < -0.4 is 0 Å². The molecule has 0 aliphatic rings. The van der Waals surface area contributed by atoms with E-state index in [2.05, 4.69) is 27.7 Å². The largest absolute Gasteiger partial charge is 0.0651 e. The molecule has 0 aliphatic carbocycles. The predicted octanol–water partition coefficient (Wildman–Crippen LogP) is 2.89. The molecular formula is C8H17. The zero-order valence-electron chi connectivity index (χ0n) is 6.28. The van der Waals surface area contributed by atoms with Crippen LogP contribution in [0.15, 0.2) is 0 Å². The molecule has 0 nitrogen and oxygen atoms in total. The Kier molecular flexibility index (Phi) is 3.94. The average Bonchev–Trinajstić information content (AvgIpc) is 1.65. The highest BCUT2D eigenvalue weighted by molar-refractivity contribution is 4.58. The molecule has 0 aromatic rings. The maximum absolute atomic E-state index is 3.93. The van der Waals surface area contributed by atoms with E-state index >= 15 is 0 Å². The Labute approximate surface area is 53.3 Å². The zero-order valence-corrected chi connectivity index (χ0v) is 6.28. The molecule has 8 heavy (non-hydrogen) atoms. The van der Waals surface area contributed by atoms with Gasteiger partial charge in [0.15, 0.2) is 0 Å². The fourth-order valence-electron chi connectivity index (χ4n) is 0.854. The summed E-state index contributed by atoms with van der Waals surface area (Å²) >= 11 is 0. The summed E-state index contributed by atoms with van der Waals surface area (Å²) in [6.45, 7) is 10.6. The third-order valence-electron chi connectivity index (χ3n) is 1.50. The first-order chi connectivity index (χ1) is 3.66. The Morgan fingerprint density at radius 3 is 2.00 bits per heavy atom. The molecule has 0 fully saturated rings. The Balaban J connectivity index is 3.10. The van der Waals surface area contributed by atoms with E-state index in [1.807, 2.05) is 0 Å². The van der Waals surface area contributed by atoms with Crippen LogP contribution in [0, 0.1) is 18.8 Å². The van der Waals surface area contributed by atoms with Crippen molar-refractivity contribution >= 4 is 0 Å². The van der Waals surface area contributed by atoms with E-state index in [9.17, 15) is 0 Å². The van der Waals surface area contributed by atoms with Crippen LogP contribution in [0.1, 0.15) is 33.6 Å². The van der Waals surface area contributed by atoms with Crippen molar-refractivity contribution in [1.82, 2.24) is 0 Å². The number of rotatable bonds is 3. The molecule has 0 aromatic carbocycles. The van der Waals surface area contributed by atoms with E-state index in [1.54, 1.807) is 0 Å². The zero-order chi connectivity index (χ0) is 6.57. The summed E-state index contributed by atoms with van der Waals surface area (Å²) in [5, 5.41) is 0. The van der Waals surface area contributed by atoms with Crippen LogP contribution in [-0.2, 0) is 0 Å². The van der Waals surface area contributed by atoms with Crippen molar-refractivity contribution in [1.29, 1.82) is 0 Å². The molecule has 0 spiro atoms. The minimum Gasteiger partial charge on any atom is -0.0651 e. The Hall–Kier alpha value is 0. The third kappa shape index (κ3) is 4.17. The third-order valence-corrected chi connectivity index (χ3v) is 1.50. The highest BCUT2D eigenvalue weighted by atomic mass is 14.1. The summed E-state index contributed by atoms with van der Waals surface area (Å²) in [7, 11) is 0. The molecule has 0 heterocycles. The van der Waals surface area contributed by atoms with Gasteiger partial charge in [-0.05, 0) is 18.3 Å². The monoisotopic (exact) mass is 113 g/mol. The Bertz CT molecular complexity index is 46.0. The standard InChI is InChI=1S/C8H17/c1-5-8(4)6-7(2)3/h7-8H,2,5-6H2,1,3-4H3. The van der Waals surface area contributed by atoms with Crippen molar-refractivity contribution in [2.75, 3.05) is 0 Å². The smallest absolute Gasteiger partial charge is 0.0440 e. The van der Waals surface area contributed by atoms with Crippen LogP contribution in [0.25, 0.3) is 0 Å². The molecule has 0 aromatic heterocycles. The molecule has 0 aliphatic heterocycles. The van der Waals surface area contributed by atoms with Gasteiger partial charge in [-0.2, -0.15) is 0 Å². The summed E-state index contributed by atoms with van der Waals surface area (Å²) < 4.78 is 0. The Morgan fingerprint density at radius 2 is 1.88 bits per heavy atom. The lowest BCUT2D eigenvalue weighted by molar-refractivity contribution is 0.453. The summed E-state index contributed by atoms with van der Waals surface area (Å²) in [6, 6.07) is 0. The SMILES string of the molecule is [CH2]C(C)CC(C)CC. The molecule has 0 rings (SSSR count). The van der Waals surface area contributed by atoms with Crippen molar-refractivity contribution in [3.8, 4) is 0 Å². The van der Waals surface area contributed by atoms with Gasteiger partial charge >= 0.3 is 0 Å². The van der Waals surface area contributed by atoms with Crippen molar-refractivity contribution < 1.29 is 0 Å². The van der Waals surface area contributed by atoms with Gasteiger partial charge in [0, 0.05) is 0 Å². The van der Waals surface area contributed by atoms with E-state index < -0.39 is 0 Å². The molecule has 1 radical (unpaired) electrons. The fraction of sp³-hybridized carbons (Fsp3) is 0.875. The highest BCUT2D eigenvalue weighted by Gasteiger charge is 2.00. The van der Waals surface area contributed by atoms with Gasteiger partial charge in [0.25, 0.3) is 0 Å². The topological polar surface area (TPSA) is 0 Å². The van der Waals surface area contributed by atoms with E-state index in [-0.39, 0.29) is 0 Å². The molecule has 0 saturated carbocycles. The van der Waals surface area contributed by atoms with E-state index in [4.69, 9.17) is 0 Å². The van der Waals surface area contributed by atoms with Crippen LogP contribution in [-0.4, -0.2) is 0 Å². The van der Waals surface area contributed by atoms with Gasteiger partial charge in [0.2, 0.25) is 0 Å². The molecule has 49 valence electrons. The summed E-state index contributed by atoms with van der Waals surface area (Å²) in [5.41, 5.74) is 0.